The molecule has 1 aliphatic heterocycles. The van der Waals surface area contributed by atoms with Crippen LogP contribution in [0, 0.1) is 0 Å². The number of rotatable bonds is 6. The number of para-hydroxylation sites is 1. The first-order valence-electron chi connectivity index (χ1n) is 8.84. The van der Waals surface area contributed by atoms with Crippen molar-refractivity contribution < 1.29 is 4.79 Å². The van der Waals surface area contributed by atoms with Gasteiger partial charge in [-0.3, -0.25) is 4.79 Å². The van der Waals surface area contributed by atoms with Crippen molar-refractivity contribution in [3.05, 3.63) is 42.2 Å². The van der Waals surface area contributed by atoms with Crippen LogP contribution in [0.2, 0.25) is 0 Å². The van der Waals surface area contributed by atoms with Crippen LogP contribution in [-0.4, -0.2) is 53.6 Å². The molecule has 0 bridgehead atoms. The fourth-order valence-corrected chi connectivity index (χ4v) is 3.02. The van der Waals surface area contributed by atoms with Gasteiger partial charge in [0, 0.05) is 25.3 Å². The van der Waals surface area contributed by atoms with E-state index in [2.05, 4.69) is 44.9 Å². The number of hydrogen-bond donors (Lipinski definition) is 2. The van der Waals surface area contributed by atoms with Crippen molar-refractivity contribution in [1.29, 1.82) is 0 Å². The number of piperidine rings is 1. The number of nitrogens with zero attached hydrogens (tertiary/aromatic N) is 4. The average molecular weight is 342 g/mol. The van der Waals surface area contributed by atoms with Crippen LogP contribution in [0.1, 0.15) is 36.3 Å². The molecule has 1 aliphatic rings. The van der Waals surface area contributed by atoms with Crippen LogP contribution in [0.3, 0.4) is 0 Å². The van der Waals surface area contributed by atoms with Crippen molar-refractivity contribution in [2.75, 3.05) is 31.6 Å². The topological polar surface area (TPSA) is 75.1 Å². The molecule has 3 rings (SSSR count). The van der Waals surface area contributed by atoms with E-state index in [4.69, 9.17) is 0 Å². The zero-order valence-electron chi connectivity index (χ0n) is 14.9. The Morgan fingerprint density at radius 1 is 1.36 bits per heavy atom. The normalized spacial score (nSPS) is 16.4. The molecule has 1 atom stereocenters. The van der Waals surface area contributed by atoms with Crippen LogP contribution in [0.5, 0.6) is 0 Å². The fourth-order valence-electron chi connectivity index (χ4n) is 3.02. The Morgan fingerprint density at radius 2 is 2.08 bits per heavy atom. The van der Waals surface area contributed by atoms with Crippen molar-refractivity contribution in [3.63, 3.8) is 0 Å². The number of carbonyl (C=O) groups is 1. The summed E-state index contributed by atoms with van der Waals surface area (Å²) >= 11 is 0. The number of amides is 1. The number of carbonyl (C=O) groups excluding carboxylic acids is 1. The minimum atomic E-state index is -0.173. The number of nitrogens with one attached hydrogen (secondary N) is 2. The molecule has 1 saturated heterocycles. The smallest absolute Gasteiger partial charge is 0.273 e. The third kappa shape index (κ3) is 4.36. The molecule has 7 nitrogen and oxygen atoms in total. The number of aromatic nitrogens is 3. The Balaban J connectivity index is 1.53. The maximum Gasteiger partial charge on any atom is 0.273 e. The van der Waals surface area contributed by atoms with E-state index < -0.39 is 0 Å². The molecule has 0 radical (unpaired) electrons. The Labute approximate surface area is 148 Å². The van der Waals surface area contributed by atoms with Crippen molar-refractivity contribution >= 4 is 11.6 Å². The van der Waals surface area contributed by atoms with Crippen LogP contribution in [0.15, 0.2) is 36.5 Å². The molecule has 1 unspecified atom stereocenters. The summed E-state index contributed by atoms with van der Waals surface area (Å²) in [4.78, 5) is 14.5. The molecule has 1 aromatic heterocycles. The molecule has 2 aromatic rings. The minimum Gasteiger partial charge on any atom is -0.370 e. The van der Waals surface area contributed by atoms with Gasteiger partial charge in [-0.25, -0.2) is 4.68 Å². The van der Waals surface area contributed by atoms with Crippen molar-refractivity contribution in [3.8, 4) is 0 Å². The number of likely N-dealkylation sites (N-methyl/N-ethyl adjacent to an activating group) is 1. The number of benzene rings is 1. The van der Waals surface area contributed by atoms with Crippen LogP contribution >= 0.6 is 0 Å². The Kier molecular flexibility index (Phi) is 5.65. The Morgan fingerprint density at radius 3 is 2.80 bits per heavy atom. The van der Waals surface area contributed by atoms with Crippen molar-refractivity contribution in [2.24, 2.45) is 0 Å². The van der Waals surface area contributed by atoms with Crippen LogP contribution in [-0.2, 0) is 0 Å². The second-order valence-electron chi connectivity index (χ2n) is 6.57. The van der Waals surface area contributed by atoms with Gasteiger partial charge in [-0.1, -0.05) is 23.4 Å². The zero-order valence-corrected chi connectivity index (χ0v) is 14.9. The molecule has 0 aliphatic carbocycles. The molecule has 25 heavy (non-hydrogen) atoms. The summed E-state index contributed by atoms with van der Waals surface area (Å²) in [5.74, 6) is -0.173. The minimum absolute atomic E-state index is 0.172. The van der Waals surface area contributed by atoms with E-state index in [9.17, 15) is 4.79 Å². The first-order valence-corrected chi connectivity index (χ1v) is 8.84. The molecule has 2 N–H and O–H groups in total. The molecule has 7 heteroatoms. The summed E-state index contributed by atoms with van der Waals surface area (Å²) < 4.78 is 1.83. The van der Waals surface area contributed by atoms with E-state index in [1.54, 1.807) is 6.20 Å². The molecule has 1 fully saturated rings. The van der Waals surface area contributed by atoms with E-state index >= 15 is 0 Å². The summed E-state index contributed by atoms with van der Waals surface area (Å²) in [5, 5.41) is 14.5. The number of anilines is 1. The van der Waals surface area contributed by atoms with Gasteiger partial charge in [-0.2, -0.15) is 0 Å². The monoisotopic (exact) mass is 342 g/mol. The summed E-state index contributed by atoms with van der Waals surface area (Å²) in [6.07, 6.45) is 3.80. The second kappa shape index (κ2) is 8.11. The van der Waals surface area contributed by atoms with Crippen LogP contribution in [0.25, 0.3) is 0 Å². The quantitative estimate of drug-likeness (QED) is 0.831. The van der Waals surface area contributed by atoms with Gasteiger partial charge in [-0.05, 0) is 45.0 Å². The van der Waals surface area contributed by atoms with Gasteiger partial charge in [0.25, 0.3) is 5.91 Å². The summed E-state index contributed by atoms with van der Waals surface area (Å²) in [5.41, 5.74) is 1.51. The lowest BCUT2D eigenvalue weighted by atomic mass is 10.1. The Bertz CT molecular complexity index is 680. The lowest BCUT2D eigenvalue weighted by Gasteiger charge is -2.27. The lowest BCUT2D eigenvalue weighted by Crippen LogP contribution is -2.40. The van der Waals surface area contributed by atoms with Crippen LogP contribution in [0.4, 0.5) is 5.69 Å². The first-order chi connectivity index (χ1) is 12.1. The van der Waals surface area contributed by atoms with Gasteiger partial charge in [0.05, 0.1) is 12.2 Å². The zero-order chi connectivity index (χ0) is 17.6. The van der Waals surface area contributed by atoms with Crippen molar-refractivity contribution in [2.45, 2.75) is 31.8 Å². The van der Waals surface area contributed by atoms with Gasteiger partial charge in [0.1, 0.15) is 0 Å². The maximum absolute atomic E-state index is 12.3. The van der Waals surface area contributed by atoms with Crippen molar-refractivity contribution in [1.82, 2.24) is 25.6 Å². The molecule has 1 aromatic carbocycles. The molecular weight excluding hydrogens is 316 g/mol. The van der Waals surface area contributed by atoms with Gasteiger partial charge < -0.3 is 15.5 Å². The SMILES string of the molecule is CC(CNC(=O)c1cn(C2CCNCC2)nn1)N(C)c1ccccc1. The predicted molar refractivity (Wildman–Crippen MR) is 97.8 cm³/mol. The van der Waals surface area contributed by atoms with Crippen LogP contribution < -0.4 is 15.5 Å². The summed E-state index contributed by atoms with van der Waals surface area (Å²) in [7, 11) is 2.03. The standard InChI is InChI=1S/C18H26N6O/c1-14(23(2)15-6-4-3-5-7-15)12-20-18(25)17-13-24(22-21-17)16-8-10-19-11-9-16/h3-7,13-14,16,19H,8-12H2,1-2H3,(H,20,25). The molecule has 0 spiro atoms. The van der Waals surface area contributed by atoms with Gasteiger partial charge in [-0.15, -0.1) is 5.10 Å². The maximum atomic E-state index is 12.3. The fraction of sp³-hybridized carbons (Fsp3) is 0.500. The van der Waals surface area contributed by atoms with E-state index in [1.807, 2.05) is 29.9 Å². The number of hydrogen-bond acceptors (Lipinski definition) is 5. The van der Waals surface area contributed by atoms with Gasteiger partial charge in [0.2, 0.25) is 0 Å². The first kappa shape index (κ1) is 17.4. The molecule has 2 heterocycles. The highest BCUT2D eigenvalue weighted by molar-refractivity contribution is 5.91. The van der Waals surface area contributed by atoms with Gasteiger partial charge >= 0.3 is 0 Å². The third-order valence-electron chi connectivity index (χ3n) is 4.81. The highest BCUT2D eigenvalue weighted by Gasteiger charge is 2.19. The van der Waals surface area contributed by atoms with E-state index in [1.165, 1.54) is 0 Å². The highest BCUT2D eigenvalue weighted by Crippen LogP contribution is 2.17. The molecule has 0 saturated carbocycles. The third-order valence-corrected chi connectivity index (χ3v) is 4.81. The average Bonchev–Trinajstić information content (AvgIpc) is 3.17. The molecule has 134 valence electrons. The molecule has 1 amide bonds. The highest BCUT2D eigenvalue weighted by atomic mass is 16.2. The summed E-state index contributed by atoms with van der Waals surface area (Å²) in [6.45, 7) is 4.59. The van der Waals surface area contributed by atoms with E-state index in [-0.39, 0.29) is 11.9 Å². The lowest BCUT2D eigenvalue weighted by molar-refractivity contribution is 0.0946. The largest absolute Gasteiger partial charge is 0.370 e. The second-order valence-corrected chi connectivity index (χ2v) is 6.57. The van der Waals surface area contributed by atoms with E-state index in [0.717, 1.165) is 31.6 Å². The summed E-state index contributed by atoms with van der Waals surface area (Å²) in [6, 6.07) is 10.6. The predicted octanol–water partition coefficient (Wildman–Crippen LogP) is 1.46. The molecular formula is C18H26N6O. The Hall–Kier alpha value is -2.41. The van der Waals surface area contributed by atoms with E-state index in [0.29, 0.717) is 18.3 Å². The van der Waals surface area contributed by atoms with Gasteiger partial charge in [0.15, 0.2) is 5.69 Å².